The van der Waals surface area contributed by atoms with E-state index in [1.54, 1.807) is 0 Å². The number of hydrogen-bond acceptors (Lipinski definition) is 2. The van der Waals surface area contributed by atoms with Crippen LogP contribution in [0.3, 0.4) is 0 Å². The molecule has 2 heteroatoms. The fourth-order valence-electron chi connectivity index (χ4n) is 1.40. The van der Waals surface area contributed by atoms with Crippen molar-refractivity contribution in [1.29, 1.82) is 0 Å². The van der Waals surface area contributed by atoms with Crippen LogP contribution in [0.5, 0.6) is 0 Å². The molecule has 1 rings (SSSR count). The normalized spacial score (nSPS) is 26.1. The molecule has 1 atom stereocenters. The molecule has 1 heterocycles. The van der Waals surface area contributed by atoms with E-state index in [4.69, 9.17) is 4.74 Å². The summed E-state index contributed by atoms with van der Waals surface area (Å²) in [5.41, 5.74) is 0. The Balaban J connectivity index is 2.18. The molecular weight excluding hydrogens is 126 g/mol. The average molecular weight is 143 g/mol. The average Bonchev–Trinajstić information content (AvgIpc) is 2.38. The zero-order valence-corrected chi connectivity index (χ0v) is 6.97. The number of rotatable bonds is 3. The Morgan fingerprint density at radius 1 is 1.60 bits per heavy atom. The minimum absolute atomic E-state index is 0.417. The van der Waals surface area contributed by atoms with E-state index >= 15 is 0 Å². The molecule has 60 valence electrons. The van der Waals surface area contributed by atoms with E-state index in [1.165, 1.54) is 19.3 Å². The van der Waals surface area contributed by atoms with Gasteiger partial charge in [0, 0.05) is 6.61 Å². The van der Waals surface area contributed by atoms with E-state index in [1.807, 2.05) is 0 Å². The first-order valence-corrected chi connectivity index (χ1v) is 4.16. The second-order valence-electron chi connectivity index (χ2n) is 2.95. The number of hydrogen-bond donors (Lipinski definition) is 0. The van der Waals surface area contributed by atoms with Gasteiger partial charge in [0.25, 0.3) is 0 Å². The van der Waals surface area contributed by atoms with Gasteiger partial charge in [-0.2, -0.15) is 0 Å². The molecule has 0 spiro atoms. The Hall–Kier alpha value is -0.0800. The largest absolute Gasteiger partial charge is 0.363 e. The molecule has 0 aromatic rings. The molecule has 0 aromatic carbocycles. The van der Waals surface area contributed by atoms with Gasteiger partial charge in [0.15, 0.2) is 0 Å². The van der Waals surface area contributed by atoms with Crippen LogP contribution < -0.4 is 0 Å². The topological polar surface area (TPSA) is 12.5 Å². The fourth-order valence-corrected chi connectivity index (χ4v) is 1.40. The van der Waals surface area contributed by atoms with Crippen molar-refractivity contribution < 1.29 is 4.74 Å². The van der Waals surface area contributed by atoms with E-state index in [9.17, 15) is 0 Å². The van der Waals surface area contributed by atoms with Crippen LogP contribution in [0.2, 0.25) is 0 Å². The number of nitrogens with zero attached hydrogens (tertiary/aromatic N) is 1. The van der Waals surface area contributed by atoms with Gasteiger partial charge >= 0.3 is 0 Å². The Bertz CT molecular complexity index is 89.3. The minimum atomic E-state index is 0.417. The van der Waals surface area contributed by atoms with Crippen molar-refractivity contribution >= 4 is 0 Å². The first-order valence-electron chi connectivity index (χ1n) is 4.16. The highest BCUT2D eigenvalue weighted by molar-refractivity contribution is 4.63. The Kier molecular flexibility index (Phi) is 3.16. The zero-order chi connectivity index (χ0) is 7.40. The first-order chi connectivity index (χ1) is 4.84. The SMILES string of the molecule is CCCN(C)C1CCCO1. The highest BCUT2D eigenvalue weighted by Crippen LogP contribution is 2.14. The second-order valence-corrected chi connectivity index (χ2v) is 2.95. The fraction of sp³-hybridized carbons (Fsp3) is 1.00. The lowest BCUT2D eigenvalue weighted by atomic mass is 10.3. The van der Waals surface area contributed by atoms with Gasteiger partial charge in [-0.15, -0.1) is 0 Å². The third-order valence-corrected chi connectivity index (χ3v) is 1.97. The predicted octanol–water partition coefficient (Wildman–Crippen LogP) is 1.46. The van der Waals surface area contributed by atoms with E-state index < -0.39 is 0 Å². The monoisotopic (exact) mass is 143 g/mol. The summed E-state index contributed by atoms with van der Waals surface area (Å²) in [6, 6.07) is 0. The molecule has 0 amide bonds. The summed E-state index contributed by atoms with van der Waals surface area (Å²) in [4.78, 5) is 2.30. The quantitative estimate of drug-likeness (QED) is 0.593. The van der Waals surface area contributed by atoms with Crippen molar-refractivity contribution in [1.82, 2.24) is 4.90 Å². The molecule has 0 saturated carbocycles. The molecule has 10 heavy (non-hydrogen) atoms. The molecule has 1 saturated heterocycles. The summed E-state index contributed by atoms with van der Waals surface area (Å²) < 4.78 is 5.49. The van der Waals surface area contributed by atoms with Crippen molar-refractivity contribution in [2.45, 2.75) is 32.4 Å². The minimum Gasteiger partial charge on any atom is -0.363 e. The van der Waals surface area contributed by atoms with Gasteiger partial charge in [-0.1, -0.05) is 6.92 Å². The van der Waals surface area contributed by atoms with Crippen molar-refractivity contribution in [2.75, 3.05) is 20.2 Å². The van der Waals surface area contributed by atoms with Gasteiger partial charge < -0.3 is 4.74 Å². The molecule has 0 aliphatic carbocycles. The van der Waals surface area contributed by atoms with Crippen LogP contribution in [0.25, 0.3) is 0 Å². The van der Waals surface area contributed by atoms with Crippen LogP contribution in [0.4, 0.5) is 0 Å². The van der Waals surface area contributed by atoms with Crippen LogP contribution >= 0.6 is 0 Å². The van der Waals surface area contributed by atoms with E-state index in [0.717, 1.165) is 13.2 Å². The molecule has 1 fully saturated rings. The highest BCUT2D eigenvalue weighted by Gasteiger charge is 2.18. The third kappa shape index (κ3) is 1.96. The molecule has 1 aliphatic rings. The lowest BCUT2D eigenvalue weighted by molar-refractivity contribution is -0.00450. The van der Waals surface area contributed by atoms with E-state index in [2.05, 4.69) is 18.9 Å². The van der Waals surface area contributed by atoms with Gasteiger partial charge in [0.2, 0.25) is 0 Å². The molecule has 0 radical (unpaired) electrons. The lowest BCUT2D eigenvalue weighted by Crippen LogP contribution is -2.31. The summed E-state index contributed by atoms with van der Waals surface area (Å²) in [5, 5.41) is 0. The maximum absolute atomic E-state index is 5.49. The van der Waals surface area contributed by atoms with Gasteiger partial charge in [0.05, 0.1) is 0 Å². The van der Waals surface area contributed by atoms with Crippen LogP contribution in [-0.4, -0.2) is 31.3 Å². The van der Waals surface area contributed by atoms with E-state index in [0.29, 0.717) is 6.23 Å². The Morgan fingerprint density at radius 2 is 2.40 bits per heavy atom. The van der Waals surface area contributed by atoms with Crippen molar-refractivity contribution in [3.05, 3.63) is 0 Å². The van der Waals surface area contributed by atoms with Gasteiger partial charge in [-0.3, -0.25) is 4.90 Å². The van der Waals surface area contributed by atoms with Crippen LogP contribution in [0, 0.1) is 0 Å². The van der Waals surface area contributed by atoms with Crippen LogP contribution in [0.15, 0.2) is 0 Å². The molecule has 1 unspecified atom stereocenters. The number of ether oxygens (including phenoxy) is 1. The zero-order valence-electron chi connectivity index (χ0n) is 6.97. The van der Waals surface area contributed by atoms with E-state index in [-0.39, 0.29) is 0 Å². The van der Waals surface area contributed by atoms with Gasteiger partial charge in [-0.25, -0.2) is 0 Å². The molecule has 0 bridgehead atoms. The van der Waals surface area contributed by atoms with Crippen molar-refractivity contribution in [3.63, 3.8) is 0 Å². The lowest BCUT2D eigenvalue weighted by Gasteiger charge is -2.22. The maximum Gasteiger partial charge on any atom is 0.110 e. The molecular formula is C8H17NO. The first kappa shape index (κ1) is 8.02. The van der Waals surface area contributed by atoms with Crippen LogP contribution in [0.1, 0.15) is 26.2 Å². The maximum atomic E-state index is 5.49. The van der Waals surface area contributed by atoms with Gasteiger partial charge in [-0.05, 0) is 32.9 Å². The third-order valence-electron chi connectivity index (χ3n) is 1.97. The molecule has 0 N–H and O–H groups in total. The highest BCUT2D eigenvalue weighted by atomic mass is 16.5. The summed E-state index contributed by atoms with van der Waals surface area (Å²) in [5.74, 6) is 0. The summed E-state index contributed by atoms with van der Waals surface area (Å²) in [6.45, 7) is 4.31. The smallest absolute Gasteiger partial charge is 0.110 e. The Morgan fingerprint density at radius 3 is 2.90 bits per heavy atom. The Labute approximate surface area is 63.2 Å². The van der Waals surface area contributed by atoms with Crippen LogP contribution in [-0.2, 0) is 4.74 Å². The summed E-state index contributed by atoms with van der Waals surface area (Å²) >= 11 is 0. The second kappa shape index (κ2) is 3.94. The van der Waals surface area contributed by atoms with Crippen molar-refractivity contribution in [3.8, 4) is 0 Å². The van der Waals surface area contributed by atoms with Gasteiger partial charge in [0.1, 0.15) is 6.23 Å². The summed E-state index contributed by atoms with van der Waals surface area (Å²) in [6.07, 6.45) is 4.09. The van der Waals surface area contributed by atoms with Crippen molar-refractivity contribution in [2.24, 2.45) is 0 Å². The molecule has 0 aromatic heterocycles. The molecule has 2 nitrogen and oxygen atoms in total. The predicted molar refractivity (Wildman–Crippen MR) is 41.9 cm³/mol. The summed E-state index contributed by atoms with van der Waals surface area (Å²) in [7, 11) is 2.14. The molecule has 1 aliphatic heterocycles. The standard InChI is InChI=1S/C8H17NO/c1-3-6-9(2)8-5-4-7-10-8/h8H,3-7H2,1-2H3.